The Bertz CT molecular complexity index is 1320. The fourth-order valence-electron chi connectivity index (χ4n) is 5.01. The quantitative estimate of drug-likeness (QED) is 0.431. The van der Waals surface area contributed by atoms with Crippen LogP contribution in [0.5, 0.6) is 0 Å². The van der Waals surface area contributed by atoms with E-state index in [0.29, 0.717) is 5.71 Å². The lowest BCUT2D eigenvalue weighted by Gasteiger charge is -2.40. The molecule has 0 amide bonds. The number of fused-ring (bicyclic) bond motifs is 4. The summed E-state index contributed by atoms with van der Waals surface area (Å²) < 4.78 is 6.19. The Balaban J connectivity index is 1.49. The van der Waals surface area contributed by atoms with Crippen molar-refractivity contribution >= 4 is 47.2 Å². The molecule has 0 N–H and O–H groups in total. The van der Waals surface area contributed by atoms with Crippen molar-refractivity contribution in [3.05, 3.63) is 78.0 Å². The standard InChI is InChI=1S/C24H22BN5O/c1-16-15-20-19-11-7-14-27-23(19)31-24(20)28(3)25(16)30-17(2)29(18-9-5-4-6-10-18)22-21(30)12-8-13-26-22/h4-15,17H,1-3H3/t17-/m0/s1. The Morgan fingerprint density at radius 1 is 0.968 bits per heavy atom. The SMILES string of the molecule is CC1=Cc2c(oc3ncccc23)N(C)B1N1c2cccnc2N(c2ccccc2)[C@@H]1C. The van der Waals surface area contributed by atoms with Crippen LogP contribution in [0, 0.1) is 0 Å². The monoisotopic (exact) mass is 407 g/mol. The summed E-state index contributed by atoms with van der Waals surface area (Å²) in [6.07, 6.45) is 5.95. The summed E-state index contributed by atoms with van der Waals surface area (Å²) >= 11 is 0. The Labute approximate surface area is 181 Å². The largest absolute Gasteiger partial charge is 0.423 e. The maximum atomic E-state index is 6.19. The predicted molar refractivity (Wildman–Crippen MR) is 127 cm³/mol. The lowest BCUT2D eigenvalue weighted by molar-refractivity contribution is 0.605. The second kappa shape index (κ2) is 6.64. The third kappa shape index (κ3) is 2.52. The molecule has 4 aromatic rings. The molecule has 3 aromatic heterocycles. The van der Waals surface area contributed by atoms with Gasteiger partial charge in [0.1, 0.15) is 0 Å². The molecule has 1 atom stereocenters. The first-order valence-electron chi connectivity index (χ1n) is 10.5. The van der Waals surface area contributed by atoms with Crippen molar-refractivity contribution in [2.24, 2.45) is 0 Å². The van der Waals surface area contributed by atoms with Gasteiger partial charge in [0, 0.05) is 29.0 Å². The Morgan fingerprint density at radius 3 is 2.58 bits per heavy atom. The number of benzene rings is 1. The Kier molecular flexibility index (Phi) is 3.87. The first kappa shape index (κ1) is 18.1. The van der Waals surface area contributed by atoms with Crippen LogP contribution in [0.1, 0.15) is 19.4 Å². The summed E-state index contributed by atoms with van der Waals surface area (Å²) in [4.78, 5) is 16.1. The summed E-state index contributed by atoms with van der Waals surface area (Å²) in [5.74, 6) is 1.82. The number of rotatable bonds is 2. The minimum atomic E-state index is -0.000255. The predicted octanol–water partition coefficient (Wildman–Crippen LogP) is 5.11. The highest BCUT2D eigenvalue weighted by molar-refractivity contribution is 6.76. The minimum absolute atomic E-state index is 0.000255. The molecule has 0 fully saturated rings. The highest BCUT2D eigenvalue weighted by Crippen LogP contribution is 2.46. The molecule has 2 aliphatic heterocycles. The normalized spacial score (nSPS) is 17.8. The molecular formula is C24H22BN5O. The van der Waals surface area contributed by atoms with Crippen LogP contribution in [0.15, 0.2) is 76.9 Å². The van der Waals surface area contributed by atoms with E-state index in [9.17, 15) is 0 Å². The highest BCUT2D eigenvalue weighted by Gasteiger charge is 2.46. The van der Waals surface area contributed by atoms with Crippen molar-refractivity contribution in [1.82, 2.24) is 9.97 Å². The van der Waals surface area contributed by atoms with Crippen molar-refractivity contribution in [3.63, 3.8) is 0 Å². The summed E-state index contributed by atoms with van der Waals surface area (Å²) in [5.41, 5.74) is 5.26. The molecule has 2 aliphatic rings. The average molecular weight is 407 g/mol. The van der Waals surface area contributed by atoms with Crippen LogP contribution in [-0.4, -0.2) is 30.2 Å². The zero-order chi connectivity index (χ0) is 21.1. The van der Waals surface area contributed by atoms with E-state index >= 15 is 0 Å². The van der Waals surface area contributed by atoms with Gasteiger partial charge in [-0.1, -0.05) is 29.7 Å². The van der Waals surface area contributed by atoms with E-state index in [-0.39, 0.29) is 13.1 Å². The summed E-state index contributed by atoms with van der Waals surface area (Å²) in [5, 5.41) is 1.05. The molecule has 0 bridgehead atoms. The fraction of sp³-hybridized carbons (Fsp3) is 0.167. The van der Waals surface area contributed by atoms with Crippen LogP contribution < -0.4 is 14.5 Å². The van der Waals surface area contributed by atoms with Crippen molar-refractivity contribution < 1.29 is 4.42 Å². The third-order valence-corrected chi connectivity index (χ3v) is 6.30. The zero-order valence-electron chi connectivity index (χ0n) is 17.7. The van der Waals surface area contributed by atoms with Crippen molar-refractivity contribution in [2.75, 3.05) is 21.6 Å². The molecule has 0 spiro atoms. The number of nitrogens with zero attached hydrogens (tertiary/aromatic N) is 5. The van der Waals surface area contributed by atoms with Crippen LogP contribution in [-0.2, 0) is 0 Å². The molecule has 6 rings (SSSR count). The lowest BCUT2D eigenvalue weighted by Crippen LogP contribution is -2.58. The van der Waals surface area contributed by atoms with E-state index in [1.54, 1.807) is 6.20 Å². The van der Waals surface area contributed by atoms with Gasteiger partial charge in [-0.25, -0.2) is 9.97 Å². The summed E-state index contributed by atoms with van der Waals surface area (Å²) in [6, 6.07) is 18.6. The van der Waals surface area contributed by atoms with Gasteiger partial charge in [0.25, 0.3) is 0 Å². The molecule has 0 radical (unpaired) electrons. The molecule has 0 saturated heterocycles. The first-order chi connectivity index (χ1) is 15.1. The maximum Gasteiger partial charge on any atom is 0.410 e. The van der Waals surface area contributed by atoms with Gasteiger partial charge in [-0.3, -0.25) is 0 Å². The molecule has 5 heterocycles. The van der Waals surface area contributed by atoms with Crippen LogP contribution in [0.2, 0.25) is 0 Å². The molecule has 0 unspecified atom stereocenters. The van der Waals surface area contributed by atoms with E-state index in [0.717, 1.165) is 34.0 Å². The average Bonchev–Trinajstić information content (AvgIpc) is 3.30. The van der Waals surface area contributed by atoms with Crippen LogP contribution in [0.25, 0.3) is 17.2 Å². The van der Waals surface area contributed by atoms with Crippen molar-refractivity contribution in [2.45, 2.75) is 20.0 Å². The van der Waals surface area contributed by atoms with E-state index < -0.39 is 0 Å². The summed E-state index contributed by atoms with van der Waals surface area (Å²) in [6.45, 7) is 4.42. The number of aromatic nitrogens is 2. The highest BCUT2D eigenvalue weighted by atomic mass is 16.4. The van der Waals surface area contributed by atoms with E-state index in [1.165, 1.54) is 5.47 Å². The van der Waals surface area contributed by atoms with Gasteiger partial charge in [-0.05, 0) is 57.3 Å². The minimum Gasteiger partial charge on any atom is -0.423 e. The number of pyridine rings is 2. The topological polar surface area (TPSA) is 48.6 Å². The smallest absolute Gasteiger partial charge is 0.410 e. The van der Waals surface area contributed by atoms with Gasteiger partial charge < -0.3 is 18.9 Å². The zero-order valence-corrected chi connectivity index (χ0v) is 17.7. The number of para-hydroxylation sites is 1. The molecule has 0 aliphatic carbocycles. The van der Waals surface area contributed by atoms with E-state index in [2.05, 4.69) is 82.9 Å². The van der Waals surface area contributed by atoms with Crippen LogP contribution in [0.3, 0.4) is 0 Å². The lowest BCUT2D eigenvalue weighted by atomic mass is 9.61. The maximum absolute atomic E-state index is 6.19. The molecule has 7 heteroatoms. The van der Waals surface area contributed by atoms with E-state index in [4.69, 9.17) is 9.40 Å². The molecular weight excluding hydrogens is 385 g/mol. The number of hydrogen-bond acceptors (Lipinski definition) is 6. The van der Waals surface area contributed by atoms with Gasteiger partial charge >= 0.3 is 6.98 Å². The van der Waals surface area contributed by atoms with Gasteiger partial charge in [0.05, 0.1) is 11.9 Å². The fourth-order valence-corrected chi connectivity index (χ4v) is 5.01. The van der Waals surface area contributed by atoms with Crippen LogP contribution in [0.4, 0.5) is 23.1 Å². The van der Waals surface area contributed by atoms with Gasteiger partial charge in [0.15, 0.2) is 11.7 Å². The molecule has 6 nitrogen and oxygen atoms in total. The molecule has 31 heavy (non-hydrogen) atoms. The van der Waals surface area contributed by atoms with Gasteiger partial charge in [-0.15, -0.1) is 0 Å². The number of furan rings is 1. The number of anilines is 4. The number of allylic oxidation sites excluding steroid dienone is 1. The van der Waals surface area contributed by atoms with E-state index in [1.807, 2.05) is 24.4 Å². The number of hydrogen-bond donors (Lipinski definition) is 0. The van der Waals surface area contributed by atoms with Crippen molar-refractivity contribution in [1.29, 1.82) is 0 Å². The van der Waals surface area contributed by atoms with Gasteiger partial charge in [0.2, 0.25) is 5.71 Å². The Hall–Kier alpha value is -3.74. The Morgan fingerprint density at radius 2 is 1.74 bits per heavy atom. The summed E-state index contributed by atoms with van der Waals surface area (Å²) in [7, 11) is 2.09. The second-order valence-electron chi connectivity index (χ2n) is 8.14. The first-order valence-corrected chi connectivity index (χ1v) is 10.5. The third-order valence-electron chi connectivity index (χ3n) is 6.30. The van der Waals surface area contributed by atoms with Crippen molar-refractivity contribution in [3.8, 4) is 0 Å². The van der Waals surface area contributed by atoms with Gasteiger partial charge in [-0.2, -0.15) is 0 Å². The van der Waals surface area contributed by atoms with Crippen LogP contribution >= 0.6 is 0 Å². The molecule has 152 valence electrons. The molecule has 0 saturated carbocycles. The second-order valence-corrected chi connectivity index (χ2v) is 8.14. The molecule has 1 aromatic carbocycles.